The number of hydrogen-bond donors (Lipinski definition) is 1. The summed E-state index contributed by atoms with van der Waals surface area (Å²) >= 11 is 4.35. The van der Waals surface area contributed by atoms with Gasteiger partial charge in [0.1, 0.15) is 0 Å². The molecule has 17 heavy (non-hydrogen) atoms. The van der Waals surface area contributed by atoms with Crippen molar-refractivity contribution in [1.29, 1.82) is 0 Å². The number of aryl methyl sites for hydroxylation is 1. The van der Waals surface area contributed by atoms with Crippen LogP contribution in [0, 0.1) is 5.92 Å². The molecule has 2 rings (SSSR count). The maximum absolute atomic E-state index is 4.84. The van der Waals surface area contributed by atoms with Crippen LogP contribution in [0.4, 0.5) is 0 Å². The van der Waals surface area contributed by atoms with E-state index in [1.54, 1.807) is 0 Å². The molecule has 3 heteroatoms. The molecule has 1 aliphatic rings. The van der Waals surface area contributed by atoms with Crippen molar-refractivity contribution < 1.29 is 0 Å². The third-order valence-corrected chi connectivity index (χ3v) is 3.42. The summed E-state index contributed by atoms with van der Waals surface area (Å²) in [7, 11) is 0. The van der Waals surface area contributed by atoms with E-state index in [1.165, 1.54) is 17.7 Å². The Bertz CT molecular complexity index is 438. The van der Waals surface area contributed by atoms with Crippen LogP contribution in [0.1, 0.15) is 44.9 Å². The number of rotatable bonds is 2. The van der Waals surface area contributed by atoms with Crippen molar-refractivity contribution in [3.63, 3.8) is 0 Å². The van der Waals surface area contributed by atoms with Crippen LogP contribution in [0.15, 0.2) is 22.2 Å². The van der Waals surface area contributed by atoms with E-state index in [0.29, 0.717) is 12.0 Å². The third kappa shape index (κ3) is 3.09. The molecule has 0 spiro atoms. The van der Waals surface area contributed by atoms with Gasteiger partial charge in [-0.1, -0.05) is 13.8 Å². The van der Waals surface area contributed by atoms with E-state index < -0.39 is 0 Å². The molecule has 0 saturated heterocycles. The molecule has 2 heterocycles. The summed E-state index contributed by atoms with van der Waals surface area (Å²) in [4.78, 5) is 10.2. The van der Waals surface area contributed by atoms with E-state index in [2.05, 4.69) is 44.5 Å². The maximum atomic E-state index is 4.84. The molecule has 2 nitrogen and oxygen atoms in total. The van der Waals surface area contributed by atoms with E-state index in [-0.39, 0.29) is 0 Å². The molecule has 0 fully saturated rings. The Hall–Kier alpha value is -0.830. The van der Waals surface area contributed by atoms with Gasteiger partial charge >= 0.3 is 0 Å². The first-order valence-corrected chi connectivity index (χ1v) is 6.73. The van der Waals surface area contributed by atoms with Gasteiger partial charge < -0.3 is 0 Å². The average Bonchev–Trinajstić information content (AvgIpc) is 2.39. The molecule has 0 saturated carbocycles. The maximum Gasteiger partial charge on any atom is 0.0509 e. The second kappa shape index (κ2) is 5.21. The minimum absolute atomic E-state index is 0.451. The number of pyridine rings is 1. The molecule has 92 valence electrons. The van der Waals surface area contributed by atoms with Gasteiger partial charge in [-0.15, -0.1) is 12.6 Å². The Morgan fingerprint density at radius 3 is 2.94 bits per heavy atom. The molecule has 0 amide bonds. The van der Waals surface area contributed by atoms with E-state index in [0.717, 1.165) is 23.4 Å². The fourth-order valence-electron chi connectivity index (χ4n) is 2.42. The summed E-state index contributed by atoms with van der Waals surface area (Å²) in [6.07, 6.45) is 5.14. The highest BCUT2D eigenvalue weighted by molar-refractivity contribution is 7.80. The second-order valence-electron chi connectivity index (χ2n) is 5.22. The molecular formula is C14H20N2S. The molecule has 0 bridgehead atoms. The monoisotopic (exact) mass is 248 g/mol. The first-order valence-electron chi connectivity index (χ1n) is 6.29. The van der Waals surface area contributed by atoms with Crippen molar-refractivity contribution in [2.45, 2.75) is 51.0 Å². The average molecular weight is 248 g/mol. The zero-order chi connectivity index (χ0) is 12.4. The summed E-state index contributed by atoms with van der Waals surface area (Å²) in [6.45, 7) is 6.60. The number of nitrogens with zero attached hydrogens (tertiary/aromatic N) is 2. The molecule has 0 radical (unpaired) electrons. The van der Waals surface area contributed by atoms with Crippen LogP contribution >= 0.6 is 12.6 Å². The first-order chi connectivity index (χ1) is 8.06. The Morgan fingerprint density at radius 2 is 2.24 bits per heavy atom. The van der Waals surface area contributed by atoms with Gasteiger partial charge in [-0.3, -0.25) is 9.98 Å². The molecule has 1 atom stereocenters. The van der Waals surface area contributed by atoms with Gasteiger partial charge in [0.25, 0.3) is 0 Å². The normalized spacial score (nSPS) is 19.8. The topological polar surface area (TPSA) is 25.2 Å². The quantitative estimate of drug-likeness (QED) is 0.796. The summed E-state index contributed by atoms with van der Waals surface area (Å²) in [5, 5.41) is 0. The van der Waals surface area contributed by atoms with Gasteiger partial charge in [0, 0.05) is 28.1 Å². The molecule has 1 unspecified atom stereocenters. The van der Waals surface area contributed by atoms with Crippen molar-refractivity contribution in [1.82, 2.24) is 4.98 Å². The molecule has 0 N–H and O–H groups in total. The van der Waals surface area contributed by atoms with Crippen molar-refractivity contribution in [3.8, 4) is 0 Å². The summed E-state index contributed by atoms with van der Waals surface area (Å²) in [5.74, 6) is 0.700. The van der Waals surface area contributed by atoms with Crippen LogP contribution in [0.3, 0.4) is 0 Å². The lowest BCUT2D eigenvalue weighted by molar-refractivity contribution is 0.476. The van der Waals surface area contributed by atoms with Gasteiger partial charge in [0.2, 0.25) is 0 Å². The van der Waals surface area contributed by atoms with E-state index in [4.69, 9.17) is 4.99 Å². The summed E-state index contributed by atoms with van der Waals surface area (Å²) < 4.78 is 0. The van der Waals surface area contributed by atoms with Crippen molar-refractivity contribution >= 4 is 18.3 Å². The SMILES string of the molecule is CC1=NC(CC(C)C)CCc2ncc(S)cc21. The Kier molecular flexibility index (Phi) is 3.87. The van der Waals surface area contributed by atoms with Crippen LogP contribution in [0.2, 0.25) is 0 Å². The van der Waals surface area contributed by atoms with E-state index in [1.807, 2.05) is 6.20 Å². The first kappa shape index (κ1) is 12.6. The molecule has 1 aromatic heterocycles. The zero-order valence-electron chi connectivity index (χ0n) is 10.8. The fourth-order valence-corrected chi connectivity index (χ4v) is 2.61. The van der Waals surface area contributed by atoms with Crippen LogP contribution in [-0.2, 0) is 6.42 Å². The molecular weight excluding hydrogens is 228 g/mol. The van der Waals surface area contributed by atoms with Gasteiger partial charge in [0.15, 0.2) is 0 Å². The van der Waals surface area contributed by atoms with Crippen LogP contribution in [-0.4, -0.2) is 16.7 Å². The van der Waals surface area contributed by atoms with Crippen molar-refractivity contribution in [2.24, 2.45) is 10.9 Å². The lowest BCUT2D eigenvalue weighted by atomic mass is 10.00. The minimum atomic E-state index is 0.451. The van der Waals surface area contributed by atoms with Crippen molar-refractivity contribution in [3.05, 3.63) is 23.5 Å². The second-order valence-corrected chi connectivity index (χ2v) is 5.74. The molecule has 0 aromatic carbocycles. The lowest BCUT2D eigenvalue weighted by Crippen LogP contribution is -2.09. The fraction of sp³-hybridized carbons (Fsp3) is 0.571. The molecule has 1 aromatic rings. The van der Waals surface area contributed by atoms with E-state index in [9.17, 15) is 0 Å². The minimum Gasteiger partial charge on any atom is -0.286 e. The van der Waals surface area contributed by atoms with Crippen LogP contribution in [0.25, 0.3) is 0 Å². The highest BCUT2D eigenvalue weighted by Crippen LogP contribution is 2.23. The number of aromatic nitrogens is 1. The third-order valence-electron chi connectivity index (χ3n) is 3.18. The number of thiol groups is 1. The Balaban J connectivity index is 2.28. The van der Waals surface area contributed by atoms with Gasteiger partial charge in [-0.2, -0.15) is 0 Å². The highest BCUT2D eigenvalue weighted by Gasteiger charge is 2.18. The summed E-state index contributed by atoms with van der Waals surface area (Å²) in [6, 6.07) is 2.54. The van der Waals surface area contributed by atoms with Crippen molar-refractivity contribution in [2.75, 3.05) is 0 Å². The zero-order valence-corrected chi connectivity index (χ0v) is 11.7. The Labute approximate surface area is 109 Å². The molecule has 1 aliphatic heterocycles. The van der Waals surface area contributed by atoms with Gasteiger partial charge in [0.05, 0.1) is 6.04 Å². The van der Waals surface area contributed by atoms with Crippen LogP contribution in [0.5, 0.6) is 0 Å². The smallest absolute Gasteiger partial charge is 0.0509 e. The number of hydrogen-bond acceptors (Lipinski definition) is 3. The predicted octanol–water partition coefficient (Wildman–Crippen LogP) is 3.54. The highest BCUT2D eigenvalue weighted by atomic mass is 32.1. The largest absolute Gasteiger partial charge is 0.286 e. The van der Waals surface area contributed by atoms with E-state index >= 15 is 0 Å². The standard InChI is InChI=1S/C14H20N2S/c1-9(2)6-11-4-5-14-13(10(3)16-11)7-12(17)8-15-14/h7-9,11,17H,4-6H2,1-3H3. The number of fused-ring (bicyclic) bond motifs is 1. The van der Waals surface area contributed by atoms with Gasteiger partial charge in [-0.05, 0) is 38.2 Å². The predicted molar refractivity (Wildman–Crippen MR) is 75.3 cm³/mol. The summed E-state index contributed by atoms with van der Waals surface area (Å²) in [5.41, 5.74) is 3.48. The molecule has 0 aliphatic carbocycles. The lowest BCUT2D eigenvalue weighted by Gasteiger charge is -2.12. The Morgan fingerprint density at radius 1 is 1.47 bits per heavy atom. The number of aliphatic imine (C=N–C) groups is 1. The van der Waals surface area contributed by atoms with Gasteiger partial charge in [-0.25, -0.2) is 0 Å². The van der Waals surface area contributed by atoms with Crippen LogP contribution < -0.4 is 0 Å².